The zero-order valence-electron chi connectivity index (χ0n) is 21.9. The van der Waals surface area contributed by atoms with Crippen LogP contribution in [0, 0.1) is 27.9 Å². The molecule has 1 aromatic carbocycles. The van der Waals surface area contributed by atoms with E-state index in [0.717, 1.165) is 24.8 Å². The van der Waals surface area contributed by atoms with Gasteiger partial charge in [-0.1, -0.05) is 6.07 Å². The van der Waals surface area contributed by atoms with E-state index in [0.29, 0.717) is 30.3 Å². The van der Waals surface area contributed by atoms with E-state index in [1.54, 1.807) is 26.2 Å². The molecule has 1 aromatic heterocycles. The van der Waals surface area contributed by atoms with E-state index in [1.165, 1.54) is 13.3 Å². The molecular weight excluding hydrogens is 492 g/mol. The number of pyridine rings is 1. The Balaban J connectivity index is 1.48. The minimum atomic E-state index is -0.667. The van der Waals surface area contributed by atoms with Crippen LogP contribution in [-0.2, 0) is 11.3 Å². The highest BCUT2D eigenvalue weighted by atomic mass is 16.6. The number of esters is 1. The summed E-state index contributed by atoms with van der Waals surface area (Å²) in [6, 6.07) is 5.28. The lowest BCUT2D eigenvalue weighted by Crippen LogP contribution is -2.59. The predicted octanol–water partition coefficient (Wildman–Crippen LogP) is 4.15. The molecule has 0 amide bonds. The number of benzene rings is 1. The van der Waals surface area contributed by atoms with Gasteiger partial charge >= 0.3 is 11.7 Å². The van der Waals surface area contributed by atoms with Gasteiger partial charge in [-0.15, -0.1) is 0 Å². The molecule has 0 spiro atoms. The Kier molecular flexibility index (Phi) is 7.04. The van der Waals surface area contributed by atoms with Crippen LogP contribution in [-0.4, -0.2) is 53.5 Å². The number of carbonyl (C=O) groups excluding carboxylic acids is 1. The van der Waals surface area contributed by atoms with Crippen molar-refractivity contribution in [2.45, 2.75) is 57.2 Å². The van der Waals surface area contributed by atoms with Gasteiger partial charge in [0.05, 0.1) is 31.4 Å². The second kappa shape index (κ2) is 10.3. The molecule has 0 radical (unpaired) electrons. The second-order valence-electron chi connectivity index (χ2n) is 10.6. The van der Waals surface area contributed by atoms with E-state index < -0.39 is 16.5 Å². The molecule has 0 aliphatic heterocycles. The van der Waals surface area contributed by atoms with Crippen molar-refractivity contribution in [1.29, 1.82) is 0 Å². The quantitative estimate of drug-likeness (QED) is 0.234. The van der Waals surface area contributed by atoms with Crippen molar-refractivity contribution in [3.8, 4) is 11.5 Å². The van der Waals surface area contributed by atoms with Gasteiger partial charge in [0.25, 0.3) is 0 Å². The standard InChI is InChI=1S/C27H34N4O7/c1-4-38-26(32)19-14-29-25(28-13-15-5-6-20(36-2)21(9-15)37-3)24(31(34)35)23(19)30-22-17-7-16-8-18(22)12-27(33,10-16)11-17/h5-6,9,14,16-18,22,33H,4,7-8,10-13H2,1-3H3,(H2,28,29,30)/t16?,17-,18+,22?,27?. The van der Waals surface area contributed by atoms with Crippen LogP contribution in [0.1, 0.15) is 54.9 Å². The second-order valence-corrected chi connectivity index (χ2v) is 10.6. The third-order valence-corrected chi connectivity index (χ3v) is 8.19. The summed E-state index contributed by atoms with van der Waals surface area (Å²) < 4.78 is 15.9. The normalized spacial score (nSPS) is 27.1. The molecule has 4 aliphatic carbocycles. The molecule has 1 heterocycles. The van der Waals surface area contributed by atoms with Crippen LogP contribution in [0.3, 0.4) is 0 Å². The molecule has 4 fully saturated rings. The summed E-state index contributed by atoms with van der Waals surface area (Å²) in [5.74, 6) is 1.33. The zero-order chi connectivity index (χ0) is 27.0. The summed E-state index contributed by atoms with van der Waals surface area (Å²) in [7, 11) is 3.09. The SMILES string of the molecule is CCOC(=O)c1cnc(NCc2ccc(OC)c(OC)c2)c([N+](=O)[O-])c1NC1[C@@H]2CC3C[C@H]1CC(O)(C3)C2. The molecule has 4 bridgehead atoms. The Morgan fingerprint density at radius 3 is 2.50 bits per heavy atom. The van der Waals surface area contributed by atoms with E-state index >= 15 is 0 Å². The number of anilines is 2. The fourth-order valence-electron chi connectivity index (χ4n) is 6.88. The smallest absolute Gasteiger partial charge is 0.342 e. The van der Waals surface area contributed by atoms with Gasteiger partial charge in [0, 0.05) is 18.8 Å². The van der Waals surface area contributed by atoms with Crippen molar-refractivity contribution < 1.29 is 29.0 Å². The number of methoxy groups -OCH3 is 2. The highest BCUT2D eigenvalue weighted by Crippen LogP contribution is 2.56. The number of aliphatic hydroxyl groups is 1. The molecule has 0 saturated heterocycles. The van der Waals surface area contributed by atoms with Crippen molar-refractivity contribution in [3.63, 3.8) is 0 Å². The molecular formula is C27H34N4O7. The Hall–Kier alpha value is -3.60. The van der Waals surface area contributed by atoms with E-state index in [4.69, 9.17) is 14.2 Å². The third kappa shape index (κ3) is 4.82. The Bertz CT molecular complexity index is 1220. The lowest BCUT2D eigenvalue weighted by atomic mass is 9.52. The van der Waals surface area contributed by atoms with Crippen LogP contribution >= 0.6 is 0 Å². The first-order chi connectivity index (χ1) is 18.2. The first-order valence-corrected chi connectivity index (χ1v) is 13.0. The summed E-state index contributed by atoms with van der Waals surface area (Å²) in [6.07, 6.45) is 5.42. The van der Waals surface area contributed by atoms with Gasteiger partial charge in [0.2, 0.25) is 5.82 Å². The predicted molar refractivity (Wildman–Crippen MR) is 140 cm³/mol. The summed E-state index contributed by atoms with van der Waals surface area (Å²) >= 11 is 0. The minimum absolute atomic E-state index is 0.0303. The van der Waals surface area contributed by atoms with Gasteiger partial charge in [0.1, 0.15) is 11.3 Å². The highest BCUT2D eigenvalue weighted by molar-refractivity contribution is 5.99. The van der Waals surface area contributed by atoms with E-state index in [-0.39, 0.29) is 53.8 Å². The fraction of sp³-hybridized carbons (Fsp3) is 0.556. The summed E-state index contributed by atoms with van der Waals surface area (Å²) in [4.78, 5) is 29.0. The molecule has 4 aliphatic rings. The Morgan fingerprint density at radius 2 is 1.89 bits per heavy atom. The van der Waals surface area contributed by atoms with Gasteiger partial charge in [-0.25, -0.2) is 9.78 Å². The number of ether oxygens (including phenoxy) is 3. The summed E-state index contributed by atoms with van der Waals surface area (Å²) in [5.41, 5.74) is 0.000575. The molecule has 6 rings (SSSR count). The highest BCUT2D eigenvalue weighted by Gasteiger charge is 2.55. The van der Waals surface area contributed by atoms with Crippen LogP contribution < -0.4 is 20.1 Å². The summed E-state index contributed by atoms with van der Waals surface area (Å²) in [6.45, 7) is 2.05. The number of nitrogens with zero attached hydrogens (tertiary/aromatic N) is 2. The molecule has 5 atom stereocenters. The minimum Gasteiger partial charge on any atom is -0.493 e. The molecule has 11 heteroatoms. The maximum atomic E-state index is 12.8. The number of hydrogen-bond donors (Lipinski definition) is 3. The monoisotopic (exact) mass is 526 g/mol. The van der Waals surface area contributed by atoms with Gasteiger partial charge in [-0.2, -0.15) is 0 Å². The maximum Gasteiger partial charge on any atom is 0.342 e. The molecule has 2 aromatic rings. The van der Waals surface area contributed by atoms with Crippen LogP contribution in [0.15, 0.2) is 24.4 Å². The first kappa shape index (κ1) is 26.0. The Labute approximate surface area is 221 Å². The van der Waals surface area contributed by atoms with Crippen LogP contribution in [0.4, 0.5) is 17.2 Å². The van der Waals surface area contributed by atoms with Crippen molar-refractivity contribution >= 4 is 23.2 Å². The number of nitro groups is 1. The largest absolute Gasteiger partial charge is 0.493 e. The van der Waals surface area contributed by atoms with Gasteiger partial charge in [-0.3, -0.25) is 10.1 Å². The number of rotatable bonds is 10. The Morgan fingerprint density at radius 1 is 1.18 bits per heavy atom. The lowest BCUT2D eigenvalue weighted by Gasteiger charge is -2.58. The molecule has 4 saturated carbocycles. The lowest BCUT2D eigenvalue weighted by molar-refractivity contribution is -0.383. The van der Waals surface area contributed by atoms with E-state index in [9.17, 15) is 20.0 Å². The van der Waals surface area contributed by atoms with Crippen molar-refractivity contribution in [3.05, 3.63) is 45.6 Å². The van der Waals surface area contributed by atoms with Crippen LogP contribution in [0.2, 0.25) is 0 Å². The maximum absolute atomic E-state index is 12.8. The van der Waals surface area contributed by atoms with Crippen molar-refractivity contribution in [2.24, 2.45) is 17.8 Å². The zero-order valence-corrected chi connectivity index (χ0v) is 21.9. The molecule has 3 unspecified atom stereocenters. The summed E-state index contributed by atoms with van der Waals surface area (Å²) in [5, 5.41) is 29.9. The number of aromatic nitrogens is 1. The fourth-order valence-corrected chi connectivity index (χ4v) is 6.88. The first-order valence-electron chi connectivity index (χ1n) is 13.0. The molecule has 3 N–H and O–H groups in total. The van der Waals surface area contributed by atoms with Crippen molar-refractivity contribution in [1.82, 2.24) is 4.98 Å². The van der Waals surface area contributed by atoms with Gasteiger partial charge in [-0.05, 0) is 74.5 Å². The number of carbonyl (C=O) groups is 1. The third-order valence-electron chi connectivity index (χ3n) is 8.19. The number of nitrogens with one attached hydrogen (secondary N) is 2. The van der Waals surface area contributed by atoms with Crippen LogP contribution in [0.25, 0.3) is 0 Å². The van der Waals surface area contributed by atoms with Gasteiger partial charge in [0.15, 0.2) is 11.5 Å². The van der Waals surface area contributed by atoms with Crippen LogP contribution in [0.5, 0.6) is 11.5 Å². The molecule has 11 nitrogen and oxygen atoms in total. The number of hydrogen-bond acceptors (Lipinski definition) is 10. The average Bonchev–Trinajstić information content (AvgIpc) is 2.88. The van der Waals surface area contributed by atoms with E-state index in [2.05, 4.69) is 15.6 Å². The topological polar surface area (TPSA) is 145 Å². The molecule has 204 valence electrons. The van der Waals surface area contributed by atoms with E-state index in [1.807, 2.05) is 6.07 Å². The van der Waals surface area contributed by atoms with Gasteiger partial charge < -0.3 is 30.0 Å². The molecule has 38 heavy (non-hydrogen) atoms. The van der Waals surface area contributed by atoms with Crippen molar-refractivity contribution in [2.75, 3.05) is 31.5 Å². The average molecular weight is 527 g/mol.